The fourth-order valence-corrected chi connectivity index (χ4v) is 1.64. The highest BCUT2D eigenvalue weighted by Gasteiger charge is 2.19. The lowest BCUT2D eigenvalue weighted by Crippen LogP contribution is -2.24. The van der Waals surface area contributed by atoms with Crippen LogP contribution in [-0.2, 0) is 9.63 Å². The van der Waals surface area contributed by atoms with Crippen molar-refractivity contribution in [2.75, 3.05) is 14.2 Å². The number of carbonyl (C=O) groups excluding carboxylic acids is 1. The van der Waals surface area contributed by atoms with Crippen LogP contribution >= 0.6 is 0 Å². The molecule has 7 nitrogen and oxygen atoms in total. The van der Waals surface area contributed by atoms with Crippen LogP contribution in [0.5, 0.6) is 11.5 Å². The number of amidine groups is 1. The summed E-state index contributed by atoms with van der Waals surface area (Å²) in [6.07, 6.45) is 2.59. The monoisotopic (exact) mass is 293 g/mol. The second-order valence-corrected chi connectivity index (χ2v) is 3.95. The zero-order chi connectivity index (χ0) is 15.4. The van der Waals surface area contributed by atoms with E-state index in [1.807, 2.05) is 0 Å². The number of hydrogen-bond acceptors (Lipinski definition) is 6. The molecule has 1 aliphatic heterocycles. The molecule has 2 N–H and O–H groups in total. The Morgan fingerprint density at radius 1 is 1.43 bits per heavy atom. The maximum absolute atomic E-state index is 13.5. The highest BCUT2D eigenvalue weighted by molar-refractivity contribution is 6.37. The predicted octanol–water partition coefficient (Wildman–Crippen LogP) is 1.04. The largest absolute Gasteiger partial charge is 0.502 e. The van der Waals surface area contributed by atoms with Crippen LogP contribution in [0.2, 0.25) is 0 Å². The number of aromatic hydroxyl groups is 1. The number of ether oxygens (including phenoxy) is 1. The third-order valence-electron chi connectivity index (χ3n) is 2.57. The Morgan fingerprint density at radius 2 is 2.19 bits per heavy atom. The van der Waals surface area contributed by atoms with Gasteiger partial charge in [0, 0.05) is 0 Å². The molecule has 0 atom stereocenters. The number of halogens is 1. The van der Waals surface area contributed by atoms with Gasteiger partial charge >= 0.3 is 0 Å². The molecule has 1 aromatic rings. The second-order valence-electron chi connectivity index (χ2n) is 3.95. The van der Waals surface area contributed by atoms with Gasteiger partial charge in [0.05, 0.1) is 7.11 Å². The number of oxime groups is 1. The molecule has 0 fully saturated rings. The van der Waals surface area contributed by atoms with Crippen molar-refractivity contribution in [2.45, 2.75) is 0 Å². The van der Waals surface area contributed by atoms with Crippen LogP contribution in [0.4, 0.5) is 4.39 Å². The Kier molecular flexibility index (Phi) is 4.17. The summed E-state index contributed by atoms with van der Waals surface area (Å²) in [6, 6.07) is 2.45. The number of rotatable bonds is 4. The number of nitrogens with one attached hydrogen (secondary N) is 1. The molecule has 0 bridgehead atoms. The van der Waals surface area contributed by atoms with Crippen LogP contribution in [0.15, 0.2) is 28.0 Å². The Hall–Kier alpha value is -2.90. The normalized spacial score (nSPS) is 16.2. The number of hydrogen-bond donors (Lipinski definition) is 2. The summed E-state index contributed by atoms with van der Waals surface area (Å²) in [5.74, 6) is -1.73. The van der Waals surface area contributed by atoms with E-state index in [-0.39, 0.29) is 17.3 Å². The van der Waals surface area contributed by atoms with Gasteiger partial charge in [-0.1, -0.05) is 5.16 Å². The maximum atomic E-state index is 13.5. The molecular weight excluding hydrogens is 281 g/mol. The predicted molar refractivity (Wildman–Crippen MR) is 73.7 cm³/mol. The molecule has 0 unspecified atom stereocenters. The van der Waals surface area contributed by atoms with Gasteiger partial charge in [-0.3, -0.25) is 4.79 Å². The lowest BCUT2D eigenvalue weighted by atomic mass is 10.1. The third-order valence-corrected chi connectivity index (χ3v) is 2.57. The summed E-state index contributed by atoms with van der Waals surface area (Å²) in [5.41, 5.74) is 0.390. The van der Waals surface area contributed by atoms with E-state index in [2.05, 4.69) is 20.3 Å². The van der Waals surface area contributed by atoms with Crippen molar-refractivity contribution in [3.63, 3.8) is 0 Å². The summed E-state index contributed by atoms with van der Waals surface area (Å²) in [5, 5.41) is 15.3. The molecule has 1 aliphatic rings. The fraction of sp³-hybridized carbons (Fsp3) is 0.154. The first-order valence-corrected chi connectivity index (χ1v) is 5.80. The Morgan fingerprint density at radius 3 is 2.86 bits per heavy atom. The van der Waals surface area contributed by atoms with Gasteiger partial charge < -0.3 is 20.0 Å². The van der Waals surface area contributed by atoms with Crippen molar-refractivity contribution in [2.24, 2.45) is 10.1 Å². The summed E-state index contributed by atoms with van der Waals surface area (Å²) in [7, 11) is 2.65. The molecule has 1 amide bonds. The molecule has 21 heavy (non-hydrogen) atoms. The van der Waals surface area contributed by atoms with E-state index < -0.39 is 17.5 Å². The number of phenols is 1. The molecule has 0 saturated carbocycles. The van der Waals surface area contributed by atoms with Crippen molar-refractivity contribution >= 4 is 24.0 Å². The van der Waals surface area contributed by atoms with Crippen LogP contribution in [0.3, 0.4) is 0 Å². The van der Waals surface area contributed by atoms with E-state index in [4.69, 9.17) is 4.74 Å². The summed E-state index contributed by atoms with van der Waals surface area (Å²) in [6.45, 7) is 0. The SMILES string of the molecule is CON=CC1=NC(=Cc2cc(F)c(O)c(OC)c2)C(=O)N1. The number of aliphatic imine (C=N–C) groups is 1. The van der Waals surface area contributed by atoms with Crippen LogP contribution in [0.1, 0.15) is 5.56 Å². The molecule has 110 valence electrons. The molecule has 1 aromatic carbocycles. The van der Waals surface area contributed by atoms with Crippen molar-refractivity contribution < 1.29 is 23.9 Å². The van der Waals surface area contributed by atoms with E-state index in [0.29, 0.717) is 5.56 Å². The van der Waals surface area contributed by atoms with Gasteiger partial charge in [-0.25, -0.2) is 9.38 Å². The van der Waals surface area contributed by atoms with E-state index in [1.165, 1.54) is 32.6 Å². The third kappa shape index (κ3) is 3.16. The van der Waals surface area contributed by atoms with Crippen molar-refractivity contribution in [1.29, 1.82) is 0 Å². The Bertz CT molecular complexity index is 668. The number of phenolic OH excluding ortho intramolecular Hbond substituents is 1. The molecule has 0 spiro atoms. The van der Waals surface area contributed by atoms with Crippen molar-refractivity contribution in [3.05, 3.63) is 29.2 Å². The average Bonchev–Trinajstić information content (AvgIpc) is 2.80. The summed E-state index contributed by atoms with van der Waals surface area (Å²) >= 11 is 0. The van der Waals surface area contributed by atoms with Gasteiger partial charge in [0.1, 0.15) is 19.0 Å². The van der Waals surface area contributed by atoms with Gasteiger partial charge in [0.15, 0.2) is 23.2 Å². The zero-order valence-corrected chi connectivity index (χ0v) is 11.3. The minimum Gasteiger partial charge on any atom is -0.502 e. The van der Waals surface area contributed by atoms with Gasteiger partial charge in [-0.05, 0) is 23.8 Å². The van der Waals surface area contributed by atoms with Crippen LogP contribution in [0, 0.1) is 5.82 Å². The van der Waals surface area contributed by atoms with Gasteiger partial charge in [-0.2, -0.15) is 0 Å². The van der Waals surface area contributed by atoms with E-state index in [0.717, 1.165) is 6.07 Å². The van der Waals surface area contributed by atoms with Gasteiger partial charge in [0.2, 0.25) is 0 Å². The van der Waals surface area contributed by atoms with Gasteiger partial charge in [-0.15, -0.1) is 0 Å². The molecular formula is C13H12FN3O4. The van der Waals surface area contributed by atoms with E-state index in [1.54, 1.807) is 0 Å². The van der Waals surface area contributed by atoms with Crippen LogP contribution in [-0.4, -0.2) is 37.3 Å². The highest BCUT2D eigenvalue weighted by atomic mass is 19.1. The molecule has 0 aliphatic carbocycles. The topological polar surface area (TPSA) is 92.5 Å². The number of amides is 1. The molecule has 0 radical (unpaired) electrons. The second kappa shape index (κ2) is 6.04. The maximum Gasteiger partial charge on any atom is 0.275 e. The average molecular weight is 293 g/mol. The minimum absolute atomic E-state index is 0.0367. The lowest BCUT2D eigenvalue weighted by molar-refractivity contribution is -0.115. The smallest absolute Gasteiger partial charge is 0.275 e. The molecule has 0 aromatic heterocycles. The number of methoxy groups -OCH3 is 1. The lowest BCUT2D eigenvalue weighted by Gasteiger charge is -2.05. The van der Waals surface area contributed by atoms with Crippen LogP contribution in [0.25, 0.3) is 6.08 Å². The van der Waals surface area contributed by atoms with Crippen LogP contribution < -0.4 is 10.1 Å². The number of nitrogens with zero attached hydrogens (tertiary/aromatic N) is 2. The summed E-state index contributed by atoms with van der Waals surface area (Å²) < 4.78 is 18.3. The van der Waals surface area contributed by atoms with E-state index >= 15 is 0 Å². The quantitative estimate of drug-likeness (QED) is 0.493. The van der Waals surface area contributed by atoms with E-state index in [9.17, 15) is 14.3 Å². The Balaban J connectivity index is 2.35. The molecule has 2 rings (SSSR count). The minimum atomic E-state index is -0.857. The van der Waals surface area contributed by atoms with Crippen molar-refractivity contribution in [1.82, 2.24) is 5.32 Å². The number of benzene rings is 1. The fourth-order valence-electron chi connectivity index (χ4n) is 1.64. The zero-order valence-electron chi connectivity index (χ0n) is 11.3. The molecule has 8 heteroatoms. The number of carbonyl (C=O) groups is 1. The summed E-state index contributed by atoms with van der Waals surface area (Å²) in [4.78, 5) is 20.1. The first-order valence-electron chi connectivity index (χ1n) is 5.80. The highest BCUT2D eigenvalue weighted by Crippen LogP contribution is 2.31. The van der Waals surface area contributed by atoms with Crippen molar-refractivity contribution in [3.8, 4) is 11.5 Å². The Labute approximate surface area is 119 Å². The first-order chi connectivity index (χ1) is 10.0. The molecule has 1 heterocycles. The first kappa shape index (κ1) is 14.5. The molecule has 0 saturated heterocycles. The van der Waals surface area contributed by atoms with Gasteiger partial charge in [0.25, 0.3) is 5.91 Å². The standard InChI is InChI=1S/C13H12FN3O4/c1-20-10-5-7(3-8(14)12(10)18)4-9-13(19)17-11(16-9)6-15-21-2/h3-6,18H,1-2H3,(H,16,17,19).